The maximum Gasteiger partial charge on any atom is 0.339 e. The summed E-state index contributed by atoms with van der Waals surface area (Å²) < 4.78 is 11.1. The van der Waals surface area contributed by atoms with Crippen molar-refractivity contribution in [2.45, 2.75) is 6.42 Å². The Kier molecular flexibility index (Phi) is 5.39. The van der Waals surface area contributed by atoms with E-state index in [-0.39, 0.29) is 5.63 Å². The van der Waals surface area contributed by atoms with Gasteiger partial charge in [0.05, 0.1) is 18.1 Å². The minimum Gasteiger partial charge on any atom is -0.492 e. The lowest BCUT2D eigenvalue weighted by Crippen LogP contribution is -2.46. The monoisotopic (exact) mass is 364 g/mol. The molecule has 1 fully saturated rings. The maximum absolute atomic E-state index is 11.7. The molecule has 5 nitrogen and oxygen atoms in total. The average Bonchev–Trinajstić information content (AvgIpc) is 2.72. The number of hydrogen-bond acceptors (Lipinski definition) is 5. The Balaban J connectivity index is 1.25. The molecule has 5 heteroatoms. The average molecular weight is 364 g/mol. The van der Waals surface area contributed by atoms with Crippen LogP contribution in [0.2, 0.25) is 0 Å². The van der Waals surface area contributed by atoms with Gasteiger partial charge in [-0.25, -0.2) is 4.79 Å². The fourth-order valence-electron chi connectivity index (χ4n) is 3.54. The Bertz CT molecular complexity index is 931. The zero-order valence-electron chi connectivity index (χ0n) is 15.3. The highest BCUT2D eigenvalue weighted by Gasteiger charge is 2.16. The lowest BCUT2D eigenvalue weighted by atomic mass is 10.2. The van der Waals surface area contributed by atoms with Crippen molar-refractivity contribution < 1.29 is 9.15 Å². The molecule has 4 rings (SSSR count). The molecule has 2 aromatic carbocycles. The van der Waals surface area contributed by atoms with Gasteiger partial charge in [-0.3, -0.25) is 4.90 Å². The van der Waals surface area contributed by atoms with Gasteiger partial charge < -0.3 is 14.1 Å². The molecular weight excluding hydrogens is 340 g/mol. The van der Waals surface area contributed by atoms with E-state index in [1.165, 1.54) is 11.8 Å². The van der Waals surface area contributed by atoms with Crippen LogP contribution in [0.15, 0.2) is 69.9 Å². The van der Waals surface area contributed by atoms with Crippen LogP contribution in [0.4, 0.5) is 5.69 Å². The van der Waals surface area contributed by atoms with Crippen molar-refractivity contribution in [1.29, 1.82) is 0 Å². The number of benzene rings is 2. The second-order valence-electron chi connectivity index (χ2n) is 6.79. The second kappa shape index (κ2) is 8.27. The van der Waals surface area contributed by atoms with E-state index in [1.54, 1.807) is 6.07 Å². The van der Waals surface area contributed by atoms with Crippen LogP contribution in [0.25, 0.3) is 11.0 Å². The molecule has 1 aliphatic rings. The zero-order chi connectivity index (χ0) is 18.5. The molecule has 27 heavy (non-hydrogen) atoms. The minimum atomic E-state index is -0.374. The molecule has 1 saturated heterocycles. The van der Waals surface area contributed by atoms with E-state index >= 15 is 0 Å². The smallest absolute Gasteiger partial charge is 0.339 e. The summed E-state index contributed by atoms with van der Waals surface area (Å²) in [7, 11) is 0. The van der Waals surface area contributed by atoms with E-state index in [9.17, 15) is 4.79 Å². The molecule has 1 aliphatic heterocycles. The van der Waals surface area contributed by atoms with Crippen molar-refractivity contribution in [2.75, 3.05) is 44.2 Å². The molecule has 0 radical (unpaired) electrons. The van der Waals surface area contributed by atoms with E-state index in [0.29, 0.717) is 17.9 Å². The summed E-state index contributed by atoms with van der Waals surface area (Å²) in [4.78, 5) is 16.6. The maximum atomic E-state index is 11.7. The predicted octanol–water partition coefficient (Wildman–Crippen LogP) is 3.38. The number of fused-ring (bicyclic) bond motifs is 1. The van der Waals surface area contributed by atoms with Gasteiger partial charge in [-0.1, -0.05) is 30.3 Å². The number of nitrogens with zero attached hydrogens (tertiary/aromatic N) is 2. The minimum absolute atomic E-state index is 0.374. The van der Waals surface area contributed by atoms with E-state index in [2.05, 4.69) is 40.1 Å². The molecule has 0 bridgehead atoms. The first-order chi connectivity index (χ1) is 13.3. The molecule has 0 unspecified atom stereocenters. The van der Waals surface area contributed by atoms with Gasteiger partial charge in [0.1, 0.15) is 11.3 Å². The third kappa shape index (κ3) is 4.31. The number of ether oxygens (including phenoxy) is 1. The van der Waals surface area contributed by atoms with E-state index in [1.807, 2.05) is 18.2 Å². The summed E-state index contributed by atoms with van der Waals surface area (Å²) in [6.45, 7) is 5.82. The molecule has 0 saturated carbocycles. The van der Waals surface area contributed by atoms with E-state index in [4.69, 9.17) is 9.15 Å². The number of para-hydroxylation sites is 2. The molecule has 3 aromatic rings. The number of hydrogen-bond donors (Lipinski definition) is 0. The number of anilines is 1. The van der Waals surface area contributed by atoms with Gasteiger partial charge in [0, 0.05) is 38.4 Å². The highest BCUT2D eigenvalue weighted by Crippen LogP contribution is 2.23. The van der Waals surface area contributed by atoms with Crippen LogP contribution >= 0.6 is 0 Å². The van der Waals surface area contributed by atoms with Crippen molar-refractivity contribution in [2.24, 2.45) is 0 Å². The largest absolute Gasteiger partial charge is 0.492 e. The van der Waals surface area contributed by atoms with Gasteiger partial charge >= 0.3 is 5.63 Å². The van der Waals surface area contributed by atoms with Crippen molar-refractivity contribution in [3.05, 3.63) is 71.1 Å². The Hall–Kier alpha value is -2.79. The summed E-state index contributed by atoms with van der Waals surface area (Å²) in [6.07, 6.45) is 0.930. The predicted molar refractivity (Wildman–Crippen MR) is 108 cm³/mol. The number of rotatable bonds is 6. The summed E-state index contributed by atoms with van der Waals surface area (Å²) in [5, 5.41) is 0.841. The molecule has 0 atom stereocenters. The highest BCUT2D eigenvalue weighted by molar-refractivity contribution is 5.82. The second-order valence-corrected chi connectivity index (χ2v) is 6.79. The lowest BCUT2D eigenvalue weighted by molar-refractivity contribution is 0.225. The van der Waals surface area contributed by atoms with Gasteiger partial charge in [-0.2, -0.15) is 0 Å². The fraction of sp³-hybridized carbons (Fsp3) is 0.318. The quantitative estimate of drug-likeness (QED) is 0.496. The zero-order valence-corrected chi connectivity index (χ0v) is 15.3. The van der Waals surface area contributed by atoms with Crippen LogP contribution in [-0.4, -0.2) is 44.2 Å². The summed E-state index contributed by atoms with van der Waals surface area (Å²) in [5.41, 5.74) is 1.49. The topological polar surface area (TPSA) is 45.9 Å². The Morgan fingerprint density at radius 3 is 2.48 bits per heavy atom. The third-order valence-electron chi connectivity index (χ3n) is 4.98. The first-order valence-electron chi connectivity index (χ1n) is 9.48. The molecule has 1 aromatic heterocycles. The molecular formula is C22H24N2O3. The molecule has 140 valence electrons. The normalized spacial score (nSPS) is 15.2. The van der Waals surface area contributed by atoms with Gasteiger partial charge in [0.15, 0.2) is 0 Å². The van der Waals surface area contributed by atoms with Crippen LogP contribution < -0.4 is 15.3 Å². The van der Waals surface area contributed by atoms with Crippen molar-refractivity contribution in [3.63, 3.8) is 0 Å². The van der Waals surface area contributed by atoms with Crippen molar-refractivity contribution in [3.8, 4) is 5.75 Å². The van der Waals surface area contributed by atoms with Crippen LogP contribution in [0.3, 0.4) is 0 Å². The highest BCUT2D eigenvalue weighted by atomic mass is 16.5. The third-order valence-corrected chi connectivity index (χ3v) is 4.98. The Labute approximate surface area is 158 Å². The van der Waals surface area contributed by atoms with Crippen molar-refractivity contribution >= 4 is 16.7 Å². The van der Waals surface area contributed by atoms with Crippen LogP contribution in [0, 0.1) is 0 Å². The van der Waals surface area contributed by atoms with Gasteiger partial charge in [0.25, 0.3) is 0 Å². The Morgan fingerprint density at radius 1 is 0.926 bits per heavy atom. The van der Waals surface area contributed by atoms with Crippen LogP contribution in [0.1, 0.15) is 6.42 Å². The van der Waals surface area contributed by atoms with E-state index < -0.39 is 0 Å². The van der Waals surface area contributed by atoms with Crippen LogP contribution in [0.5, 0.6) is 5.75 Å². The van der Waals surface area contributed by atoms with Gasteiger partial charge in [0.2, 0.25) is 0 Å². The fourth-order valence-corrected chi connectivity index (χ4v) is 3.54. The van der Waals surface area contributed by atoms with Gasteiger partial charge in [-0.05, 0) is 30.7 Å². The summed E-state index contributed by atoms with van der Waals surface area (Å²) in [6, 6.07) is 19.5. The molecule has 0 spiro atoms. The Morgan fingerprint density at radius 2 is 1.67 bits per heavy atom. The lowest BCUT2D eigenvalue weighted by Gasteiger charge is -2.36. The van der Waals surface area contributed by atoms with Crippen molar-refractivity contribution in [1.82, 2.24) is 4.90 Å². The van der Waals surface area contributed by atoms with E-state index in [0.717, 1.165) is 44.5 Å². The first kappa shape index (κ1) is 17.6. The number of piperazine rings is 1. The molecule has 2 heterocycles. The molecule has 0 amide bonds. The SMILES string of the molecule is O=c1cc(OCCCN2CCN(c3ccccc3)CC2)c2ccccc2o1. The first-order valence-corrected chi connectivity index (χ1v) is 9.48. The molecule has 0 N–H and O–H groups in total. The molecule has 0 aliphatic carbocycles. The van der Waals surface area contributed by atoms with Crippen LogP contribution in [-0.2, 0) is 0 Å². The standard InChI is InChI=1S/C22H24N2O3/c25-22-17-21(19-9-4-5-10-20(19)27-22)26-16-6-11-23-12-14-24(15-13-23)18-7-2-1-3-8-18/h1-5,7-10,17H,6,11-16H2. The van der Waals surface area contributed by atoms with Gasteiger partial charge in [-0.15, -0.1) is 0 Å². The summed E-state index contributed by atoms with van der Waals surface area (Å²) in [5.74, 6) is 0.607. The summed E-state index contributed by atoms with van der Waals surface area (Å²) >= 11 is 0.